The lowest BCUT2D eigenvalue weighted by Crippen LogP contribution is -2.30. The fraction of sp³-hybridized carbons (Fsp3) is 0.444. The molecule has 0 aliphatic rings. The van der Waals surface area contributed by atoms with Crippen molar-refractivity contribution in [2.75, 3.05) is 11.4 Å². The lowest BCUT2D eigenvalue weighted by Gasteiger charge is -2.18. The minimum atomic E-state index is -0.195. The maximum atomic E-state index is 12.4. The summed E-state index contributed by atoms with van der Waals surface area (Å²) >= 11 is 1.25. The maximum absolute atomic E-state index is 12.4. The highest BCUT2D eigenvalue weighted by Crippen LogP contribution is 2.27. The highest BCUT2D eigenvalue weighted by atomic mass is 32.1. The zero-order valence-electron chi connectivity index (χ0n) is 15.1. The van der Waals surface area contributed by atoms with Crippen molar-refractivity contribution >= 4 is 28.3 Å². The summed E-state index contributed by atoms with van der Waals surface area (Å²) in [6.07, 6.45) is 2.58. The van der Waals surface area contributed by atoms with Crippen LogP contribution in [0, 0.1) is 12.8 Å². The standard InChI is InChI=1S/C18H24N4O2S/c1-12(2)8-10-22(14(4)23)18-21-13(3)16(25-18)17(24)20-11-15-7-5-6-9-19-15/h5-7,9,12H,8,10-11H2,1-4H3,(H,20,24). The lowest BCUT2D eigenvalue weighted by atomic mass is 10.1. The third-order valence-electron chi connectivity index (χ3n) is 3.69. The lowest BCUT2D eigenvalue weighted by molar-refractivity contribution is -0.116. The number of hydrogen-bond donors (Lipinski definition) is 1. The summed E-state index contributed by atoms with van der Waals surface area (Å²) in [7, 11) is 0. The number of hydrogen-bond acceptors (Lipinski definition) is 5. The number of nitrogens with one attached hydrogen (secondary N) is 1. The average molecular weight is 360 g/mol. The van der Waals surface area contributed by atoms with Crippen molar-refractivity contribution in [1.82, 2.24) is 15.3 Å². The van der Waals surface area contributed by atoms with Gasteiger partial charge in [-0.2, -0.15) is 0 Å². The summed E-state index contributed by atoms with van der Waals surface area (Å²) < 4.78 is 0. The van der Waals surface area contributed by atoms with Gasteiger partial charge in [-0.1, -0.05) is 31.3 Å². The molecular weight excluding hydrogens is 336 g/mol. The Morgan fingerprint density at radius 3 is 2.68 bits per heavy atom. The van der Waals surface area contributed by atoms with Gasteiger partial charge in [0.25, 0.3) is 5.91 Å². The van der Waals surface area contributed by atoms with Crippen molar-refractivity contribution in [3.63, 3.8) is 0 Å². The Kier molecular flexibility index (Phi) is 6.64. The van der Waals surface area contributed by atoms with Gasteiger partial charge >= 0.3 is 0 Å². The van der Waals surface area contributed by atoms with Crippen molar-refractivity contribution in [2.45, 2.75) is 40.7 Å². The van der Waals surface area contributed by atoms with Crippen LogP contribution in [-0.4, -0.2) is 28.3 Å². The monoisotopic (exact) mass is 360 g/mol. The van der Waals surface area contributed by atoms with E-state index in [-0.39, 0.29) is 11.8 Å². The topological polar surface area (TPSA) is 75.2 Å². The van der Waals surface area contributed by atoms with Crippen LogP contribution in [0.15, 0.2) is 24.4 Å². The Hall–Kier alpha value is -2.28. The molecular formula is C18H24N4O2S. The second-order valence-corrected chi connectivity index (χ2v) is 7.25. The fourth-order valence-electron chi connectivity index (χ4n) is 2.24. The Balaban J connectivity index is 2.09. The third-order valence-corrected chi connectivity index (χ3v) is 4.87. The zero-order valence-corrected chi connectivity index (χ0v) is 15.9. The summed E-state index contributed by atoms with van der Waals surface area (Å²) in [4.78, 5) is 35.2. The molecule has 2 aromatic heterocycles. The molecule has 7 heteroatoms. The molecule has 1 N–H and O–H groups in total. The van der Waals surface area contributed by atoms with E-state index in [0.717, 1.165) is 12.1 Å². The number of rotatable bonds is 7. The predicted molar refractivity (Wildman–Crippen MR) is 99.7 cm³/mol. The van der Waals surface area contributed by atoms with Crippen LogP contribution in [0.25, 0.3) is 0 Å². The van der Waals surface area contributed by atoms with Crippen LogP contribution in [0.4, 0.5) is 5.13 Å². The van der Waals surface area contributed by atoms with Crippen LogP contribution < -0.4 is 10.2 Å². The minimum Gasteiger partial charge on any atom is -0.346 e. The van der Waals surface area contributed by atoms with Crippen LogP contribution in [-0.2, 0) is 11.3 Å². The van der Waals surface area contributed by atoms with Gasteiger partial charge in [0.15, 0.2) is 5.13 Å². The summed E-state index contributed by atoms with van der Waals surface area (Å²) in [5.41, 5.74) is 1.43. The highest BCUT2D eigenvalue weighted by Gasteiger charge is 2.21. The quantitative estimate of drug-likeness (QED) is 0.823. The smallest absolute Gasteiger partial charge is 0.263 e. The van der Waals surface area contributed by atoms with Gasteiger partial charge in [-0.3, -0.25) is 19.5 Å². The zero-order chi connectivity index (χ0) is 18.4. The molecule has 0 saturated heterocycles. The number of anilines is 1. The molecule has 0 aliphatic heterocycles. The van der Waals surface area contributed by atoms with E-state index in [4.69, 9.17) is 0 Å². The normalized spacial score (nSPS) is 10.8. The van der Waals surface area contributed by atoms with Gasteiger partial charge in [-0.25, -0.2) is 4.98 Å². The van der Waals surface area contributed by atoms with Crippen molar-refractivity contribution in [3.05, 3.63) is 40.7 Å². The summed E-state index contributed by atoms with van der Waals surface area (Å²) in [5.74, 6) is 0.234. The number of carbonyl (C=O) groups excluding carboxylic acids is 2. The third kappa shape index (κ3) is 5.35. The van der Waals surface area contributed by atoms with Crippen molar-refractivity contribution in [3.8, 4) is 0 Å². The summed E-state index contributed by atoms with van der Waals surface area (Å²) in [6.45, 7) is 8.50. The van der Waals surface area contributed by atoms with Gasteiger partial charge < -0.3 is 5.32 Å². The van der Waals surface area contributed by atoms with E-state index in [1.54, 1.807) is 18.0 Å². The van der Waals surface area contributed by atoms with Crippen LogP contribution in [0.3, 0.4) is 0 Å². The highest BCUT2D eigenvalue weighted by molar-refractivity contribution is 7.17. The first-order chi connectivity index (χ1) is 11.9. The minimum absolute atomic E-state index is 0.0603. The van der Waals surface area contributed by atoms with E-state index in [2.05, 4.69) is 29.1 Å². The van der Waals surface area contributed by atoms with E-state index in [0.29, 0.717) is 34.7 Å². The first-order valence-corrected chi connectivity index (χ1v) is 9.13. The molecule has 2 amide bonds. The van der Waals surface area contributed by atoms with E-state index in [1.165, 1.54) is 18.3 Å². The van der Waals surface area contributed by atoms with E-state index in [1.807, 2.05) is 18.2 Å². The number of aryl methyl sites for hydroxylation is 1. The van der Waals surface area contributed by atoms with Gasteiger partial charge in [0.2, 0.25) is 5.91 Å². The van der Waals surface area contributed by atoms with E-state index >= 15 is 0 Å². The predicted octanol–water partition coefficient (Wildman–Crippen LogP) is 3.18. The molecule has 0 fully saturated rings. The van der Waals surface area contributed by atoms with Crippen molar-refractivity contribution in [2.24, 2.45) is 5.92 Å². The van der Waals surface area contributed by atoms with E-state index < -0.39 is 0 Å². The Morgan fingerprint density at radius 2 is 2.08 bits per heavy atom. The van der Waals surface area contributed by atoms with Crippen LogP contribution in [0.5, 0.6) is 0 Å². The van der Waals surface area contributed by atoms with Gasteiger partial charge in [0, 0.05) is 19.7 Å². The molecule has 25 heavy (non-hydrogen) atoms. The fourth-order valence-corrected chi connectivity index (χ4v) is 3.29. The number of thiazole rings is 1. The molecule has 0 radical (unpaired) electrons. The van der Waals surface area contributed by atoms with Gasteiger partial charge in [0.05, 0.1) is 17.9 Å². The van der Waals surface area contributed by atoms with Gasteiger partial charge in [0.1, 0.15) is 4.88 Å². The molecule has 0 aliphatic carbocycles. The second kappa shape index (κ2) is 8.71. The first kappa shape index (κ1) is 19.1. The number of amides is 2. The molecule has 0 spiro atoms. The Labute approximate surface area is 152 Å². The van der Waals surface area contributed by atoms with Gasteiger partial charge in [-0.05, 0) is 31.4 Å². The molecule has 6 nitrogen and oxygen atoms in total. The van der Waals surface area contributed by atoms with Crippen molar-refractivity contribution in [1.29, 1.82) is 0 Å². The molecule has 0 unspecified atom stereocenters. The number of carbonyl (C=O) groups is 2. The molecule has 0 saturated carbocycles. The molecule has 0 bridgehead atoms. The average Bonchev–Trinajstić information content (AvgIpc) is 2.94. The summed E-state index contributed by atoms with van der Waals surface area (Å²) in [6, 6.07) is 5.57. The van der Waals surface area contributed by atoms with Crippen molar-refractivity contribution < 1.29 is 9.59 Å². The van der Waals surface area contributed by atoms with E-state index in [9.17, 15) is 9.59 Å². The molecule has 2 aromatic rings. The molecule has 2 heterocycles. The Bertz CT molecular complexity index is 728. The maximum Gasteiger partial charge on any atom is 0.263 e. The number of nitrogens with zero attached hydrogens (tertiary/aromatic N) is 3. The molecule has 0 atom stereocenters. The second-order valence-electron chi connectivity index (χ2n) is 6.27. The Morgan fingerprint density at radius 1 is 1.32 bits per heavy atom. The van der Waals surface area contributed by atoms with Crippen LogP contribution in [0.1, 0.15) is 48.3 Å². The number of aromatic nitrogens is 2. The first-order valence-electron chi connectivity index (χ1n) is 8.32. The number of pyridine rings is 1. The molecule has 134 valence electrons. The largest absolute Gasteiger partial charge is 0.346 e. The summed E-state index contributed by atoms with van der Waals surface area (Å²) in [5, 5.41) is 3.43. The SMILES string of the molecule is CC(=O)N(CCC(C)C)c1nc(C)c(C(=O)NCc2ccccn2)s1. The van der Waals surface area contributed by atoms with Gasteiger partial charge in [-0.15, -0.1) is 0 Å². The van der Waals surface area contributed by atoms with Crippen LogP contribution >= 0.6 is 11.3 Å². The molecule has 2 rings (SSSR count). The molecule has 0 aromatic carbocycles. The van der Waals surface area contributed by atoms with Crippen LogP contribution in [0.2, 0.25) is 0 Å².